The summed E-state index contributed by atoms with van der Waals surface area (Å²) in [6.45, 7) is 14.5. The minimum absolute atomic E-state index is 0.338. The van der Waals surface area contributed by atoms with E-state index in [0.717, 1.165) is 13.0 Å². The van der Waals surface area contributed by atoms with Crippen LogP contribution < -0.4 is 5.32 Å². The molecule has 86 valence electrons. The Labute approximate surface area is 89.1 Å². The van der Waals surface area contributed by atoms with E-state index in [2.05, 4.69) is 33.0 Å². The van der Waals surface area contributed by atoms with Crippen LogP contribution in [0.1, 0.15) is 48.0 Å². The molecule has 2 unspecified atom stereocenters. The van der Waals surface area contributed by atoms with Crippen LogP contribution >= 0.6 is 0 Å². The van der Waals surface area contributed by atoms with Crippen LogP contribution in [-0.2, 0) is 0 Å². The number of nitrogens with one attached hydrogen (secondary N) is 1. The first kappa shape index (κ1) is 13.9. The summed E-state index contributed by atoms with van der Waals surface area (Å²) in [5, 5.41) is 13.1. The van der Waals surface area contributed by atoms with Gasteiger partial charge in [-0.1, -0.05) is 34.6 Å². The van der Waals surface area contributed by atoms with E-state index in [9.17, 15) is 5.11 Å². The third kappa shape index (κ3) is 5.61. The molecule has 2 nitrogen and oxygen atoms in total. The molecule has 0 aliphatic heterocycles. The van der Waals surface area contributed by atoms with Crippen LogP contribution in [0.3, 0.4) is 0 Å². The van der Waals surface area contributed by atoms with Gasteiger partial charge in [0, 0.05) is 6.54 Å². The predicted molar refractivity (Wildman–Crippen MR) is 62.4 cm³/mol. The molecule has 0 radical (unpaired) electrons. The van der Waals surface area contributed by atoms with Crippen molar-refractivity contribution in [1.29, 1.82) is 0 Å². The highest BCUT2D eigenvalue weighted by Crippen LogP contribution is 2.24. The number of hydrogen-bond donors (Lipinski definition) is 2. The molecular weight excluding hydrogens is 174 g/mol. The summed E-state index contributed by atoms with van der Waals surface area (Å²) in [6.07, 6.45) is 0.796. The number of hydrogen-bond acceptors (Lipinski definition) is 2. The summed E-state index contributed by atoms with van der Waals surface area (Å²) in [7, 11) is 0. The Hall–Kier alpha value is -0.0800. The second kappa shape index (κ2) is 5.13. The first-order chi connectivity index (χ1) is 6.19. The van der Waals surface area contributed by atoms with Crippen molar-refractivity contribution < 1.29 is 5.11 Å². The highest BCUT2D eigenvalue weighted by Gasteiger charge is 2.21. The van der Waals surface area contributed by atoms with Crippen molar-refractivity contribution in [2.24, 2.45) is 11.3 Å². The Morgan fingerprint density at radius 2 is 1.71 bits per heavy atom. The molecule has 0 aliphatic rings. The molecular formula is C12H27NO. The van der Waals surface area contributed by atoms with Crippen LogP contribution in [0.25, 0.3) is 0 Å². The van der Waals surface area contributed by atoms with E-state index in [0.29, 0.717) is 17.9 Å². The van der Waals surface area contributed by atoms with Gasteiger partial charge in [-0.3, -0.25) is 0 Å². The van der Waals surface area contributed by atoms with Crippen LogP contribution in [0.15, 0.2) is 0 Å². The zero-order chi connectivity index (χ0) is 11.4. The Morgan fingerprint density at radius 1 is 1.21 bits per heavy atom. The van der Waals surface area contributed by atoms with Crippen LogP contribution in [0.2, 0.25) is 0 Å². The summed E-state index contributed by atoms with van der Waals surface area (Å²) in [5.41, 5.74) is -0.220. The van der Waals surface area contributed by atoms with Gasteiger partial charge in [-0.2, -0.15) is 0 Å². The minimum Gasteiger partial charge on any atom is -0.389 e. The fourth-order valence-corrected chi connectivity index (χ4v) is 0.989. The lowest BCUT2D eigenvalue weighted by molar-refractivity contribution is 0.0534. The van der Waals surface area contributed by atoms with Crippen LogP contribution in [0.4, 0.5) is 0 Å². The lowest BCUT2D eigenvalue weighted by atomic mass is 9.82. The first-order valence-electron chi connectivity index (χ1n) is 5.62. The summed E-state index contributed by atoms with van der Waals surface area (Å²) >= 11 is 0. The van der Waals surface area contributed by atoms with Gasteiger partial charge in [0.05, 0.1) is 5.60 Å². The predicted octanol–water partition coefficient (Wildman–Crippen LogP) is 2.42. The number of rotatable bonds is 5. The van der Waals surface area contributed by atoms with Crippen molar-refractivity contribution in [2.45, 2.75) is 53.6 Å². The van der Waals surface area contributed by atoms with E-state index >= 15 is 0 Å². The van der Waals surface area contributed by atoms with Gasteiger partial charge in [-0.25, -0.2) is 0 Å². The highest BCUT2D eigenvalue weighted by molar-refractivity contribution is 4.76. The van der Waals surface area contributed by atoms with Crippen molar-refractivity contribution in [3.8, 4) is 0 Å². The van der Waals surface area contributed by atoms with Gasteiger partial charge in [0.25, 0.3) is 0 Å². The maximum atomic E-state index is 9.78. The van der Waals surface area contributed by atoms with Gasteiger partial charge in [-0.05, 0) is 31.2 Å². The van der Waals surface area contributed by atoms with Gasteiger partial charge in [-0.15, -0.1) is 0 Å². The smallest absolute Gasteiger partial charge is 0.0740 e. The van der Waals surface area contributed by atoms with E-state index in [1.165, 1.54) is 0 Å². The Morgan fingerprint density at radius 3 is 2.07 bits per heavy atom. The molecule has 0 amide bonds. The molecule has 0 aromatic rings. The van der Waals surface area contributed by atoms with Crippen LogP contribution in [0.5, 0.6) is 0 Å². The summed E-state index contributed by atoms with van der Waals surface area (Å²) in [5.74, 6) is 0.621. The summed E-state index contributed by atoms with van der Waals surface area (Å²) in [6, 6.07) is 0. The third-order valence-electron chi connectivity index (χ3n) is 3.20. The second-order valence-corrected chi connectivity index (χ2v) is 5.75. The molecule has 0 rings (SSSR count). The zero-order valence-corrected chi connectivity index (χ0v) is 10.6. The maximum Gasteiger partial charge on any atom is 0.0740 e. The monoisotopic (exact) mass is 201 g/mol. The second-order valence-electron chi connectivity index (χ2n) is 5.75. The van der Waals surface area contributed by atoms with Gasteiger partial charge in [0.1, 0.15) is 0 Å². The molecule has 0 spiro atoms. The fourth-order valence-electron chi connectivity index (χ4n) is 0.989. The van der Waals surface area contributed by atoms with Crippen LogP contribution in [0, 0.1) is 11.3 Å². The lowest BCUT2D eigenvalue weighted by Crippen LogP contribution is -2.40. The van der Waals surface area contributed by atoms with E-state index in [1.807, 2.05) is 13.8 Å². The average Bonchev–Trinajstić information content (AvgIpc) is 2.02. The topological polar surface area (TPSA) is 32.3 Å². The van der Waals surface area contributed by atoms with E-state index in [4.69, 9.17) is 0 Å². The lowest BCUT2D eigenvalue weighted by Gasteiger charge is -2.29. The maximum absolute atomic E-state index is 9.78. The molecule has 0 bridgehead atoms. The Bertz CT molecular complexity index is 158. The van der Waals surface area contributed by atoms with Gasteiger partial charge >= 0.3 is 0 Å². The molecule has 0 saturated carbocycles. The van der Waals surface area contributed by atoms with Crippen LogP contribution in [-0.4, -0.2) is 23.8 Å². The molecule has 0 aromatic carbocycles. The zero-order valence-electron chi connectivity index (χ0n) is 10.6. The highest BCUT2D eigenvalue weighted by atomic mass is 16.3. The molecule has 0 aromatic heterocycles. The van der Waals surface area contributed by atoms with Crippen molar-refractivity contribution in [3.05, 3.63) is 0 Å². The third-order valence-corrected chi connectivity index (χ3v) is 3.20. The van der Waals surface area contributed by atoms with Gasteiger partial charge in [0.2, 0.25) is 0 Å². The molecule has 2 N–H and O–H groups in total. The van der Waals surface area contributed by atoms with Crippen molar-refractivity contribution in [2.75, 3.05) is 13.1 Å². The van der Waals surface area contributed by atoms with E-state index < -0.39 is 5.60 Å². The van der Waals surface area contributed by atoms with Crippen molar-refractivity contribution in [1.82, 2.24) is 5.32 Å². The summed E-state index contributed by atoms with van der Waals surface area (Å²) in [4.78, 5) is 0. The molecule has 0 fully saturated rings. The Kier molecular flexibility index (Phi) is 5.10. The van der Waals surface area contributed by atoms with E-state index in [1.54, 1.807) is 0 Å². The largest absolute Gasteiger partial charge is 0.389 e. The normalized spacial score (nSPS) is 19.1. The molecule has 0 aliphatic carbocycles. The molecule has 0 saturated heterocycles. The molecule has 14 heavy (non-hydrogen) atoms. The fraction of sp³-hybridized carbons (Fsp3) is 1.00. The summed E-state index contributed by atoms with van der Waals surface area (Å²) < 4.78 is 0. The number of aliphatic hydroxyl groups is 1. The van der Waals surface area contributed by atoms with Crippen molar-refractivity contribution >= 4 is 0 Å². The Balaban J connectivity index is 3.75. The molecule has 2 heteroatoms. The quantitative estimate of drug-likeness (QED) is 0.716. The van der Waals surface area contributed by atoms with E-state index in [-0.39, 0.29) is 0 Å². The first-order valence-corrected chi connectivity index (χ1v) is 5.62. The minimum atomic E-state index is -0.558. The van der Waals surface area contributed by atoms with Gasteiger partial charge < -0.3 is 10.4 Å². The molecule has 0 heterocycles. The standard InChI is InChI=1S/C12H27NO/c1-7-12(6,14)9-13-8-10(2)11(3,4)5/h10,13-14H,7-9H2,1-6H3. The van der Waals surface area contributed by atoms with Crippen molar-refractivity contribution in [3.63, 3.8) is 0 Å². The van der Waals surface area contributed by atoms with Gasteiger partial charge in [0.15, 0.2) is 0 Å². The molecule has 2 atom stereocenters. The average molecular weight is 201 g/mol. The SMILES string of the molecule is CCC(C)(O)CNCC(C)C(C)(C)C.